The van der Waals surface area contributed by atoms with Gasteiger partial charge in [-0.05, 0) is 33.3 Å². The maximum absolute atomic E-state index is 11.6. The van der Waals surface area contributed by atoms with Crippen molar-refractivity contribution < 1.29 is 4.79 Å². The molecule has 5 heteroatoms. The Kier molecular flexibility index (Phi) is 3.14. The number of nitrogens with zero attached hydrogens (tertiary/aromatic N) is 2. The zero-order valence-electron chi connectivity index (χ0n) is 11.0. The van der Waals surface area contributed by atoms with Crippen molar-refractivity contribution in [3.05, 3.63) is 34.6 Å². The van der Waals surface area contributed by atoms with Crippen molar-refractivity contribution in [1.29, 1.82) is 0 Å². The lowest BCUT2D eigenvalue weighted by molar-refractivity contribution is 0.101. The Bertz CT molecular complexity index is 601. The van der Waals surface area contributed by atoms with Crippen LogP contribution < -0.4 is 5.32 Å². The SMILES string of the molecule is CC(=O)c1c(C)cnc(Nc2cc(C)[nH]n2)c1C. The number of H-pyrrole nitrogens is 1. The summed E-state index contributed by atoms with van der Waals surface area (Å²) in [5.74, 6) is 1.41. The molecule has 2 aromatic heterocycles. The zero-order valence-corrected chi connectivity index (χ0v) is 11.0. The van der Waals surface area contributed by atoms with E-state index in [1.807, 2.05) is 26.8 Å². The van der Waals surface area contributed by atoms with E-state index in [0.29, 0.717) is 11.6 Å². The van der Waals surface area contributed by atoms with Crippen LogP contribution in [0.15, 0.2) is 12.3 Å². The number of Topliss-reactive ketones (excluding diaryl/α,β-unsaturated/α-hetero) is 1. The van der Waals surface area contributed by atoms with Crippen molar-refractivity contribution in [2.45, 2.75) is 27.7 Å². The van der Waals surface area contributed by atoms with Gasteiger partial charge in [-0.1, -0.05) is 0 Å². The van der Waals surface area contributed by atoms with Crippen molar-refractivity contribution in [2.24, 2.45) is 0 Å². The Morgan fingerprint density at radius 2 is 2.06 bits per heavy atom. The molecule has 0 saturated heterocycles. The Hall–Kier alpha value is -2.17. The van der Waals surface area contributed by atoms with Crippen molar-refractivity contribution >= 4 is 17.4 Å². The van der Waals surface area contributed by atoms with Crippen molar-refractivity contribution in [2.75, 3.05) is 5.32 Å². The Morgan fingerprint density at radius 1 is 1.33 bits per heavy atom. The van der Waals surface area contributed by atoms with E-state index in [1.54, 1.807) is 13.1 Å². The van der Waals surface area contributed by atoms with Crippen molar-refractivity contribution in [3.8, 4) is 0 Å². The number of rotatable bonds is 3. The topological polar surface area (TPSA) is 70.7 Å². The number of pyridine rings is 1. The summed E-state index contributed by atoms with van der Waals surface area (Å²) in [6.07, 6.45) is 1.70. The average Bonchev–Trinajstić information content (AvgIpc) is 2.68. The van der Waals surface area contributed by atoms with Crippen LogP contribution in [0.5, 0.6) is 0 Å². The molecule has 0 aliphatic heterocycles. The predicted octanol–water partition coefficient (Wildman–Crippen LogP) is 2.68. The fraction of sp³-hybridized carbons (Fsp3) is 0.308. The van der Waals surface area contributed by atoms with Crippen molar-refractivity contribution in [3.63, 3.8) is 0 Å². The normalized spacial score (nSPS) is 10.4. The van der Waals surface area contributed by atoms with Crippen LogP contribution in [-0.4, -0.2) is 21.0 Å². The van der Waals surface area contributed by atoms with Gasteiger partial charge in [-0.3, -0.25) is 9.89 Å². The lowest BCUT2D eigenvalue weighted by Gasteiger charge is -2.11. The van der Waals surface area contributed by atoms with Crippen molar-refractivity contribution in [1.82, 2.24) is 15.2 Å². The maximum Gasteiger partial charge on any atom is 0.160 e. The second-order valence-electron chi connectivity index (χ2n) is 4.41. The summed E-state index contributed by atoms with van der Waals surface area (Å²) in [7, 11) is 0. The minimum absolute atomic E-state index is 0.0497. The molecule has 2 heterocycles. The Morgan fingerprint density at radius 3 is 2.61 bits per heavy atom. The molecule has 2 aromatic rings. The molecule has 0 saturated carbocycles. The van der Waals surface area contributed by atoms with E-state index in [-0.39, 0.29) is 5.78 Å². The molecular formula is C13H16N4O. The molecule has 0 bridgehead atoms. The van der Waals surface area contributed by atoms with Crippen LogP contribution in [0.2, 0.25) is 0 Å². The summed E-state index contributed by atoms with van der Waals surface area (Å²) < 4.78 is 0. The molecular weight excluding hydrogens is 228 g/mol. The summed E-state index contributed by atoms with van der Waals surface area (Å²) in [5.41, 5.74) is 3.43. The summed E-state index contributed by atoms with van der Waals surface area (Å²) in [6, 6.07) is 1.88. The molecule has 0 fully saturated rings. The summed E-state index contributed by atoms with van der Waals surface area (Å²) in [5, 5.41) is 10.0. The first-order valence-electron chi connectivity index (χ1n) is 5.75. The summed E-state index contributed by atoms with van der Waals surface area (Å²) >= 11 is 0. The van der Waals surface area contributed by atoms with Crippen LogP contribution in [0.1, 0.15) is 34.1 Å². The van der Waals surface area contributed by atoms with Gasteiger partial charge in [0.15, 0.2) is 11.6 Å². The highest BCUT2D eigenvalue weighted by Crippen LogP contribution is 2.22. The van der Waals surface area contributed by atoms with Gasteiger partial charge in [0.2, 0.25) is 0 Å². The number of hydrogen-bond donors (Lipinski definition) is 2. The van der Waals surface area contributed by atoms with Gasteiger partial charge in [0.05, 0.1) is 0 Å². The third kappa shape index (κ3) is 2.25. The number of nitrogens with one attached hydrogen (secondary N) is 2. The Balaban J connectivity index is 2.40. The monoisotopic (exact) mass is 244 g/mol. The van der Waals surface area contributed by atoms with Crippen LogP contribution in [-0.2, 0) is 0 Å². The number of ketones is 1. The first-order chi connectivity index (χ1) is 8.49. The van der Waals surface area contributed by atoms with Gasteiger partial charge in [-0.2, -0.15) is 5.10 Å². The van der Waals surface area contributed by atoms with Crippen LogP contribution in [0.3, 0.4) is 0 Å². The molecule has 0 atom stereocenters. The zero-order chi connectivity index (χ0) is 13.3. The molecule has 94 valence electrons. The third-order valence-corrected chi connectivity index (χ3v) is 2.82. The van der Waals surface area contributed by atoms with E-state index in [0.717, 1.165) is 22.4 Å². The van der Waals surface area contributed by atoms with E-state index in [1.165, 1.54) is 0 Å². The maximum atomic E-state index is 11.6. The molecule has 2 rings (SSSR count). The number of anilines is 2. The van der Waals surface area contributed by atoms with E-state index >= 15 is 0 Å². The van der Waals surface area contributed by atoms with Gasteiger partial charge in [0.1, 0.15) is 5.82 Å². The van der Waals surface area contributed by atoms with Gasteiger partial charge in [0, 0.05) is 29.1 Å². The van der Waals surface area contributed by atoms with E-state index in [9.17, 15) is 4.79 Å². The second kappa shape index (κ2) is 4.60. The minimum atomic E-state index is 0.0497. The smallest absolute Gasteiger partial charge is 0.160 e. The van der Waals surface area contributed by atoms with Crippen LogP contribution in [0.25, 0.3) is 0 Å². The highest BCUT2D eigenvalue weighted by atomic mass is 16.1. The molecule has 0 spiro atoms. The summed E-state index contributed by atoms with van der Waals surface area (Å²) in [4.78, 5) is 15.9. The fourth-order valence-electron chi connectivity index (χ4n) is 2.01. The van der Waals surface area contributed by atoms with E-state index in [4.69, 9.17) is 0 Å². The van der Waals surface area contributed by atoms with Gasteiger partial charge >= 0.3 is 0 Å². The number of aromatic nitrogens is 3. The van der Waals surface area contributed by atoms with Gasteiger partial charge in [-0.15, -0.1) is 0 Å². The molecule has 0 aliphatic carbocycles. The number of aryl methyl sites for hydroxylation is 2. The first-order valence-corrected chi connectivity index (χ1v) is 5.75. The lowest BCUT2D eigenvalue weighted by atomic mass is 10.0. The molecule has 0 amide bonds. The third-order valence-electron chi connectivity index (χ3n) is 2.82. The predicted molar refractivity (Wildman–Crippen MR) is 70.3 cm³/mol. The minimum Gasteiger partial charge on any atom is -0.323 e. The quantitative estimate of drug-likeness (QED) is 0.814. The highest BCUT2D eigenvalue weighted by molar-refractivity contribution is 5.98. The van der Waals surface area contributed by atoms with Gasteiger partial charge in [0.25, 0.3) is 0 Å². The highest BCUT2D eigenvalue weighted by Gasteiger charge is 2.13. The number of hydrogen-bond acceptors (Lipinski definition) is 4. The molecule has 2 N–H and O–H groups in total. The average molecular weight is 244 g/mol. The second-order valence-corrected chi connectivity index (χ2v) is 4.41. The lowest BCUT2D eigenvalue weighted by Crippen LogP contribution is -2.05. The number of aromatic amines is 1. The largest absolute Gasteiger partial charge is 0.323 e. The molecule has 0 aromatic carbocycles. The standard InChI is InChI=1S/C13H16N4O/c1-7-6-14-13(9(3)12(7)10(4)18)15-11-5-8(2)16-17-11/h5-6H,1-4H3,(H2,14,15,16,17). The molecule has 18 heavy (non-hydrogen) atoms. The van der Waals surface area contributed by atoms with E-state index in [2.05, 4.69) is 20.5 Å². The molecule has 5 nitrogen and oxygen atoms in total. The first kappa shape index (κ1) is 12.3. The summed E-state index contributed by atoms with van der Waals surface area (Å²) in [6.45, 7) is 7.27. The molecule has 0 unspecified atom stereocenters. The molecule has 0 radical (unpaired) electrons. The fourth-order valence-corrected chi connectivity index (χ4v) is 2.01. The molecule has 0 aliphatic rings. The van der Waals surface area contributed by atoms with Gasteiger partial charge in [-0.25, -0.2) is 4.98 Å². The van der Waals surface area contributed by atoms with Crippen LogP contribution >= 0.6 is 0 Å². The van der Waals surface area contributed by atoms with Crippen LogP contribution in [0.4, 0.5) is 11.6 Å². The number of carbonyl (C=O) groups excluding carboxylic acids is 1. The van der Waals surface area contributed by atoms with E-state index < -0.39 is 0 Å². The number of carbonyl (C=O) groups is 1. The van der Waals surface area contributed by atoms with Crippen LogP contribution in [0, 0.1) is 20.8 Å². The Labute approximate surface area is 106 Å². The van der Waals surface area contributed by atoms with Gasteiger partial charge < -0.3 is 5.32 Å².